The number of fused-ring (bicyclic) bond motifs is 2. The normalized spacial score (nSPS) is 16.1. The molecule has 1 aliphatic heterocycles. The van der Waals surface area contributed by atoms with Gasteiger partial charge in [0, 0.05) is 30.1 Å². The van der Waals surface area contributed by atoms with Gasteiger partial charge in [0.05, 0.1) is 11.0 Å². The van der Waals surface area contributed by atoms with Crippen molar-refractivity contribution >= 4 is 22.5 Å². The van der Waals surface area contributed by atoms with Crippen LogP contribution >= 0.6 is 0 Å². The fraction of sp³-hybridized carbons (Fsp3) is 0.400. The number of aryl methyl sites for hydroxylation is 1. The molecule has 0 unspecified atom stereocenters. The molecule has 4 aromatic rings. The highest BCUT2D eigenvalue weighted by Gasteiger charge is 2.38. The number of H-pyrrole nitrogens is 1. The van der Waals surface area contributed by atoms with E-state index in [0.29, 0.717) is 24.5 Å². The third-order valence-electron chi connectivity index (χ3n) is 5.91. The molecule has 0 saturated carbocycles. The highest BCUT2D eigenvalue weighted by atomic mass is 19.4. The average Bonchev–Trinajstić information content (AvgIpc) is 3.35. The van der Waals surface area contributed by atoms with Crippen molar-refractivity contribution in [3.63, 3.8) is 0 Å². The van der Waals surface area contributed by atoms with Gasteiger partial charge < -0.3 is 9.88 Å². The molecule has 0 spiro atoms. The maximum absolute atomic E-state index is 13.3. The number of piperidine rings is 1. The largest absolute Gasteiger partial charge is 0.453 e. The molecule has 4 heterocycles. The van der Waals surface area contributed by atoms with Crippen LogP contribution in [0.25, 0.3) is 16.7 Å². The van der Waals surface area contributed by atoms with Crippen LogP contribution in [0.2, 0.25) is 0 Å². The lowest BCUT2D eigenvalue weighted by atomic mass is 9.96. The number of halogens is 3. The summed E-state index contributed by atoms with van der Waals surface area (Å²) >= 11 is 0. The van der Waals surface area contributed by atoms with Crippen LogP contribution in [-0.2, 0) is 6.18 Å². The first-order valence-corrected chi connectivity index (χ1v) is 9.82. The number of rotatable bonds is 2. The van der Waals surface area contributed by atoms with E-state index in [2.05, 4.69) is 20.3 Å². The van der Waals surface area contributed by atoms with Crippen molar-refractivity contribution in [2.45, 2.75) is 38.8 Å². The number of benzene rings is 1. The second-order valence-electron chi connectivity index (χ2n) is 7.73. The molecule has 1 N–H and O–H groups in total. The van der Waals surface area contributed by atoms with Gasteiger partial charge in [0.25, 0.3) is 5.82 Å². The lowest BCUT2D eigenvalue weighted by Gasteiger charge is -2.33. The van der Waals surface area contributed by atoms with Crippen molar-refractivity contribution in [1.82, 2.24) is 29.8 Å². The lowest BCUT2D eigenvalue weighted by Crippen LogP contribution is -2.35. The Kier molecular flexibility index (Phi) is 4.19. The highest BCUT2D eigenvalue weighted by molar-refractivity contribution is 5.74. The molecule has 0 aliphatic carbocycles. The number of hydrogen-bond donors (Lipinski definition) is 1. The molecule has 0 atom stereocenters. The van der Waals surface area contributed by atoms with Crippen LogP contribution in [0.4, 0.5) is 19.0 Å². The smallest absolute Gasteiger partial charge is 0.355 e. The molecule has 1 aliphatic rings. The van der Waals surface area contributed by atoms with E-state index >= 15 is 0 Å². The Balaban J connectivity index is 1.43. The van der Waals surface area contributed by atoms with Crippen molar-refractivity contribution in [3.05, 3.63) is 47.0 Å². The average molecular weight is 415 g/mol. The summed E-state index contributed by atoms with van der Waals surface area (Å²) in [4.78, 5) is 10.1. The quantitative estimate of drug-likeness (QED) is 0.535. The van der Waals surface area contributed by atoms with Gasteiger partial charge in [-0.15, -0.1) is 15.3 Å². The van der Waals surface area contributed by atoms with Crippen LogP contribution in [0.3, 0.4) is 0 Å². The molecule has 1 aromatic carbocycles. The molecule has 1 fully saturated rings. The van der Waals surface area contributed by atoms with Gasteiger partial charge in [-0.3, -0.25) is 0 Å². The van der Waals surface area contributed by atoms with Crippen molar-refractivity contribution in [1.29, 1.82) is 0 Å². The molecule has 1 saturated heterocycles. The summed E-state index contributed by atoms with van der Waals surface area (Å²) in [7, 11) is 0. The van der Waals surface area contributed by atoms with Crippen LogP contribution in [0, 0.1) is 13.8 Å². The van der Waals surface area contributed by atoms with E-state index in [-0.39, 0.29) is 11.6 Å². The highest BCUT2D eigenvalue weighted by Crippen LogP contribution is 2.33. The van der Waals surface area contributed by atoms with Crippen LogP contribution in [0.5, 0.6) is 0 Å². The molecular weight excluding hydrogens is 395 g/mol. The van der Waals surface area contributed by atoms with Gasteiger partial charge >= 0.3 is 6.18 Å². The summed E-state index contributed by atoms with van der Waals surface area (Å²) in [6, 6.07) is 7.92. The van der Waals surface area contributed by atoms with Crippen LogP contribution in [0.1, 0.15) is 41.5 Å². The molecule has 10 heteroatoms. The topological polar surface area (TPSA) is 75.0 Å². The Bertz CT molecular complexity index is 1200. The minimum Gasteiger partial charge on any atom is -0.355 e. The summed E-state index contributed by atoms with van der Waals surface area (Å²) in [6.07, 6.45) is -2.93. The summed E-state index contributed by atoms with van der Waals surface area (Å²) in [6.45, 7) is 4.99. The first-order valence-electron chi connectivity index (χ1n) is 9.82. The molecule has 0 amide bonds. The van der Waals surface area contributed by atoms with Crippen LogP contribution in [-0.4, -0.2) is 42.9 Å². The molecular formula is C20H20F3N7. The predicted octanol–water partition coefficient (Wildman–Crippen LogP) is 4.02. The van der Waals surface area contributed by atoms with Crippen molar-refractivity contribution in [3.8, 4) is 0 Å². The van der Waals surface area contributed by atoms with E-state index in [1.165, 1.54) is 0 Å². The van der Waals surface area contributed by atoms with Gasteiger partial charge in [0.2, 0.25) is 0 Å². The number of nitrogens with zero attached hydrogens (tertiary/aromatic N) is 6. The molecule has 7 nitrogen and oxygen atoms in total. The fourth-order valence-electron chi connectivity index (χ4n) is 4.12. The number of aromatic nitrogens is 6. The summed E-state index contributed by atoms with van der Waals surface area (Å²) < 4.78 is 40.7. The number of nitrogens with one attached hydrogen (secondary N) is 1. The van der Waals surface area contributed by atoms with Crippen molar-refractivity contribution in [2.24, 2.45) is 0 Å². The molecule has 0 bridgehead atoms. The van der Waals surface area contributed by atoms with Crippen molar-refractivity contribution < 1.29 is 13.2 Å². The minimum absolute atomic E-state index is 0.140. The van der Waals surface area contributed by atoms with E-state index in [4.69, 9.17) is 4.98 Å². The number of imidazole rings is 1. The number of alkyl halides is 3. The Morgan fingerprint density at radius 1 is 1.03 bits per heavy atom. The SMILES string of the molecule is Cc1c(N2CCC(c3nc4ccccc4[nH]3)CC2)nn2c(C(F)(F)F)nnc2c1C. The minimum atomic E-state index is -4.61. The molecule has 5 rings (SSSR count). The Morgan fingerprint density at radius 3 is 2.47 bits per heavy atom. The van der Waals surface area contributed by atoms with Crippen molar-refractivity contribution in [2.75, 3.05) is 18.0 Å². The van der Waals surface area contributed by atoms with Gasteiger partial charge in [0.15, 0.2) is 11.5 Å². The van der Waals surface area contributed by atoms with E-state index in [1.54, 1.807) is 6.92 Å². The summed E-state index contributed by atoms with van der Waals surface area (Å²) in [5.74, 6) is 0.692. The number of aromatic amines is 1. The first-order chi connectivity index (χ1) is 14.3. The Morgan fingerprint density at radius 2 is 1.77 bits per heavy atom. The zero-order valence-corrected chi connectivity index (χ0v) is 16.5. The van der Waals surface area contributed by atoms with E-state index in [1.807, 2.05) is 36.1 Å². The predicted molar refractivity (Wildman–Crippen MR) is 106 cm³/mol. The Labute approximate surface area is 169 Å². The molecule has 0 radical (unpaired) electrons. The van der Waals surface area contributed by atoms with E-state index in [9.17, 15) is 13.2 Å². The van der Waals surface area contributed by atoms with Gasteiger partial charge in [-0.25, -0.2) is 4.98 Å². The first kappa shape index (κ1) is 18.8. The zero-order valence-electron chi connectivity index (χ0n) is 16.5. The van der Waals surface area contributed by atoms with E-state index < -0.39 is 12.0 Å². The standard InChI is InChI=1S/C20H20F3N7/c1-11-12(2)18(28-30-17(11)26-27-19(30)20(21,22)23)29-9-7-13(8-10-29)16-24-14-5-3-4-6-15(14)25-16/h3-6,13H,7-10H2,1-2H3,(H,24,25). The third kappa shape index (κ3) is 2.98. The van der Waals surface area contributed by atoms with Gasteiger partial charge in [-0.1, -0.05) is 12.1 Å². The summed E-state index contributed by atoms with van der Waals surface area (Å²) in [5, 5.41) is 11.3. The molecule has 3 aromatic heterocycles. The van der Waals surface area contributed by atoms with Gasteiger partial charge in [-0.05, 0) is 38.8 Å². The van der Waals surface area contributed by atoms with E-state index in [0.717, 1.165) is 39.8 Å². The van der Waals surface area contributed by atoms with Crippen LogP contribution in [0.15, 0.2) is 24.3 Å². The number of anilines is 1. The number of hydrogen-bond acceptors (Lipinski definition) is 5. The molecule has 30 heavy (non-hydrogen) atoms. The van der Waals surface area contributed by atoms with Gasteiger partial charge in [0.1, 0.15) is 5.82 Å². The van der Waals surface area contributed by atoms with Gasteiger partial charge in [-0.2, -0.15) is 17.7 Å². The Hall–Kier alpha value is -3.17. The maximum atomic E-state index is 13.3. The number of para-hydroxylation sites is 2. The second-order valence-corrected chi connectivity index (χ2v) is 7.73. The fourth-order valence-corrected chi connectivity index (χ4v) is 4.12. The zero-order chi connectivity index (χ0) is 21.0. The summed E-state index contributed by atoms with van der Waals surface area (Å²) in [5.41, 5.74) is 3.58. The monoisotopic (exact) mass is 415 g/mol. The second kappa shape index (κ2) is 6.68. The maximum Gasteiger partial charge on any atom is 0.453 e. The third-order valence-corrected chi connectivity index (χ3v) is 5.91. The van der Waals surface area contributed by atoms with Crippen LogP contribution < -0.4 is 4.90 Å². The molecule has 156 valence electrons. The lowest BCUT2D eigenvalue weighted by molar-refractivity contribution is -0.146.